The molecule has 0 unspecified atom stereocenters. The summed E-state index contributed by atoms with van der Waals surface area (Å²) in [4.78, 5) is 0. The van der Waals surface area contributed by atoms with Crippen LogP contribution in [0, 0.1) is 26.8 Å². The highest BCUT2D eigenvalue weighted by Gasteiger charge is 2.02. The van der Waals surface area contributed by atoms with E-state index in [4.69, 9.17) is 0 Å². The van der Waals surface area contributed by atoms with Crippen LogP contribution in [-0.4, -0.2) is 0 Å². The lowest BCUT2D eigenvalue weighted by Crippen LogP contribution is -1.87. The summed E-state index contributed by atoms with van der Waals surface area (Å²) in [6.45, 7) is 6.40. The zero-order chi connectivity index (χ0) is 10.8. The van der Waals surface area contributed by atoms with Gasteiger partial charge in [-0.2, -0.15) is 0 Å². The van der Waals surface area contributed by atoms with Gasteiger partial charge in [0.1, 0.15) is 0 Å². The van der Waals surface area contributed by atoms with Gasteiger partial charge in [0.25, 0.3) is 0 Å². The molecule has 0 saturated heterocycles. The molecule has 0 fully saturated rings. The minimum Gasteiger partial charge on any atom is -0.0587 e. The summed E-state index contributed by atoms with van der Waals surface area (Å²) >= 11 is 0. The molecule has 0 N–H and O–H groups in total. The van der Waals surface area contributed by atoms with E-state index in [9.17, 15) is 0 Å². The summed E-state index contributed by atoms with van der Waals surface area (Å²) in [6, 6.07) is 16.0. The number of aryl methyl sites for hydroxylation is 2. The summed E-state index contributed by atoms with van der Waals surface area (Å²) in [7, 11) is 0. The summed E-state index contributed by atoms with van der Waals surface area (Å²) in [6.07, 6.45) is 0. The second kappa shape index (κ2) is 3.90. The Bertz CT molecular complexity index is 464. The molecule has 0 bridgehead atoms. The molecule has 0 atom stereocenters. The molecule has 0 amide bonds. The Morgan fingerprint density at radius 1 is 0.867 bits per heavy atom. The first kappa shape index (κ1) is 9.97. The Balaban J connectivity index is 2.54. The largest absolute Gasteiger partial charge is 0.0587 e. The van der Waals surface area contributed by atoms with Crippen molar-refractivity contribution in [2.45, 2.75) is 20.8 Å². The van der Waals surface area contributed by atoms with E-state index in [1.165, 1.54) is 27.8 Å². The monoisotopic (exact) mass is 195 g/mol. The van der Waals surface area contributed by atoms with Crippen LogP contribution in [0.2, 0.25) is 0 Å². The van der Waals surface area contributed by atoms with Crippen LogP contribution in [0.1, 0.15) is 16.7 Å². The molecule has 0 saturated carbocycles. The van der Waals surface area contributed by atoms with Crippen molar-refractivity contribution >= 4 is 0 Å². The molecule has 0 spiro atoms. The Kier molecular flexibility index (Phi) is 2.59. The molecule has 2 rings (SSSR count). The highest BCUT2D eigenvalue weighted by Crippen LogP contribution is 2.24. The van der Waals surface area contributed by atoms with E-state index >= 15 is 0 Å². The first-order valence-electron chi connectivity index (χ1n) is 5.23. The fourth-order valence-electron chi connectivity index (χ4n) is 1.70. The van der Waals surface area contributed by atoms with Gasteiger partial charge in [0.05, 0.1) is 0 Å². The van der Waals surface area contributed by atoms with Crippen molar-refractivity contribution in [3.8, 4) is 11.1 Å². The number of benzene rings is 2. The zero-order valence-corrected chi connectivity index (χ0v) is 9.46. The summed E-state index contributed by atoms with van der Waals surface area (Å²) in [5.74, 6) is 0. The molecule has 0 aliphatic heterocycles. The topological polar surface area (TPSA) is 0 Å². The lowest BCUT2D eigenvalue weighted by Gasteiger charge is -2.08. The second-order valence-electron chi connectivity index (χ2n) is 4.03. The fourth-order valence-corrected chi connectivity index (χ4v) is 1.70. The molecule has 0 aliphatic rings. The first-order chi connectivity index (χ1) is 7.18. The molecule has 2 aromatic rings. The number of hydrogen-bond acceptors (Lipinski definition) is 0. The summed E-state index contributed by atoms with van der Waals surface area (Å²) < 4.78 is 0. The number of rotatable bonds is 1. The van der Waals surface area contributed by atoms with E-state index in [-0.39, 0.29) is 0 Å². The maximum absolute atomic E-state index is 3.31. The lowest BCUT2D eigenvalue weighted by molar-refractivity contribution is 1.33. The van der Waals surface area contributed by atoms with Gasteiger partial charge in [-0.3, -0.25) is 0 Å². The highest BCUT2D eigenvalue weighted by atomic mass is 14.1. The molecular formula is C15H15. The average Bonchev–Trinajstić information content (AvgIpc) is 2.24. The molecule has 0 heteroatoms. The van der Waals surface area contributed by atoms with Crippen molar-refractivity contribution in [1.82, 2.24) is 0 Å². The molecule has 1 radical (unpaired) electrons. The van der Waals surface area contributed by atoms with Crippen LogP contribution in [0.3, 0.4) is 0 Å². The first-order valence-corrected chi connectivity index (χ1v) is 5.23. The minimum atomic E-state index is 1.22. The normalized spacial score (nSPS) is 10.3. The van der Waals surface area contributed by atoms with E-state index in [1.807, 2.05) is 6.07 Å². The van der Waals surface area contributed by atoms with E-state index in [1.54, 1.807) is 0 Å². The molecule has 0 heterocycles. The van der Waals surface area contributed by atoms with Gasteiger partial charge in [-0.15, -0.1) is 0 Å². The molecule has 0 aliphatic carbocycles. The Hall–Kier alpha value is -1.56. The molecule has 75 valence electrons. The molecule has 0 nitrogen and oxygen atoms in total. The summed E-state index contributed by atoms with van der Waals surface area (Å²) in [5, 5.41) is 0. The van der Waals surface area contributed by atoms with Gasteiger partial charge in [-0.25, -0.2) is 0 Å². The van der Waals surface area contributed by atoms with E-state index in [0.29, 0.717) is 0 Å². The number of hydrogen-bond donors (Lipinski definition) is 0. The van der Waals surface area contributed by atoms with Gasteiger partial charge in [-0.05, 0) is 49.1 Å². The zero-order valence-electron chi connectivity index (χ0n) is 9.46. The van der Waals surface area contributed by atoms with Crippen LogP contribution in [0.4, 0.5) is 0 Å². The quantitative estimate of drug-likeness (QED) is 0.643. The van der Waals surface area contributed by atoms with Crippen LogP contribution in [-0.2, 0) is 0 Å². The van der Waals surface area contributed by atoms with Crippen molar-refractivity contribution in [2.75, 3.05) is 0 Å². The highest BCUT2D eigenvalue weighted by molar-refractivity contribution is 5.67. The van der Waals surface area contributed by atoms with Crippen LogP contribution in [0.5, 0.6) is 0 Å². The van der Waals surface area contributed by atoms with Crippen molar-refractivity contribution in [2.24, 2.45) is 0 Å². The molecule has 15 heavy (non-hydrogen) atoms. The van der Waals surface area contributed by atoms with Crippen LogP contribution < -0.4 is 0 Å². The Morgan fingerprint density at radius 3 is 2.20 bits per heavy atom. The predicted molar refractivity (Wildman–Crippen MR) is 64.9 cm³/mol. The van der Waals surface area contributed by atoms with Crippen molar-refractivity contribution < 1.29 is 0 Å². The predicted octanol–water partition coefficient (Wildman–Crippen LogP) is 4.08. The second-order valence-corrected chi connectivity index (χ2v) is 4.03. The third-order valence-electron chi connectivity index (χ3n) is 2.87. The van der Waals surface area contributed by atoms with Gasteiger partial charge >= 0.3 is 0 Å². The van der Waals surface area contributed by atoms with Crippen molar-refractivity contribution in [3.63, 3.8) is 0 Å². The van der Waals surface area contributed by atoms with Gasteiger partial charge < -0.3 is 0 Å². The molecule has 2 aromatic carbocycles. The maximum Gasteiger partial charge on any atom is -0.00733 e. The molecular weight excluding hydrogens is 180 g/mol. The fraction of sp³-hybridized carbons (Fsp3) is 0.200. The third kappa shape index (κ3) is 1.94. The third-order valence-corrected chi connectivity index (χ3v) is 2.87. The maximum atomic E-state index is 3.31. The average molecular weight is 195 g/mol. The van der Waals surface area contributed by atoms with E-state index in [2.05, 4.69) is 57.2 Å². The Morgan fingerprint density at radius 2 is 1.53 bits per heavy atom. The van der Waals surface area contributed by atoms with E-state index in [0.717, 1.165) is 0 Å². The summed E-state index contributed by atoms with van der Waals surface area (Å²) in [5.41, 5.74) is 6.41. The molecule has 0 aromatic heterocycles. The lowest BCUT2D eigenvalue weighted by atomic mass is 9.97. The van der Waals surface area contributed by atoms with Gasteiger partial charge in [-0.1, -0.05) is 42.0 Å². The van der Waals surface area contributed by atoms with Crippen molar-refractivity contribution in [1.29, 1.82) is 0 Å². The minimum absolute atomic E-state index is 1.22. The van der Waals surface area contributed by atoms with E-state index < -0.39 is 0 Å². The van der Waals surface area contributed by atoms with Crippen LogP contribution >= 0.6 is 0 Å². The SMILES string of the molecule is Cc1ccc(-c2[c]ccc(C)c2C)cc1. The standard InChI is InChI=1S/C15H15/c1-11-7-9-14(10-8-11)15-6-4-5-12(2)13(15)3/h4-5,7-10H,1-3H3. The van der Waals surface area contributed by atoms with Gasteiger partial charge in [0, 0.05) is 0 Å². The van der Waals surface area contributed by atoms with Crippen molar-refractivity contribution in [3.05, 3.63) is 59.2 Å². The smallest absolute Gasteiger partial charge is 0.00733 e. The van der Waals surface area contributed by atoms with Gasteiger partial charge in [0.15, 0.2) is 0 Å². The van der Waals surface area contributed by atoms with Gasteiger partial charge in [0.2, 0.25) is 0 Å². The van der Waals surface area contributed by atoms with Crippen LogP contribution in [0.25, 0.3) is 11.1 Å². The Labute approximate surface area is 91.6 Å². The van der Waals surface area contributed by atoms with Crippen LogP contribution in [0.15, 0.2) is 36.4 Å².